The molecule has 0 aliphatic rings. The smallest absolute Gasteiger partial charge is 0.263 e. The van der Waals surface area contributed by atoms with Crippen LogP contribution in [0.2, 0.25) is 10.0 Å². The number of fused-ring (bicyclic) bond motifs is 1. The van der Waals surface area contributed by atoms with Crippen LogP contribution in [0.3, 0.4) is 0 Å². The third-order valence-corrected chi connectivity index (χ3v) is 6.42. The Morgan fingerprint density at radius 1 is 1.06 bits per heavy atom. The Balaban J connectivity index is 1.62. The zero-order valence-corrected chi connectivity index (χ0v) is 18.3. The number of halogens is 2. The van der Waals surface area contributed by atoms with Gasteiger partial charge >= 0.3 is 0 Å². The van der Waals surface area contributed by atoms with Gasteiger partial charge in [0.25, 0.3) is 10.0 Å². The van der Waals surface area contributed by atoms with Crippen LogP contribution in [0.4, 0.5) is 11.5 Å². The Labute approximate surface area is 188 Å². The Morgan fingerprint density at radius 3 is 2.58 bits per heavy atom. The zero-order valence-electron chi connectivity index (χ0n) is 15.9. The molecule has 5 N–H and O–H groups in total. The molecule has 12 heteroatoms. The standard InChI is InChI=1S/C19H17Cl2N7O2S/c20-12-3-6-15(21)16(9-12)31(29,30)28-13-4-1-11(2-5-13)17-25-18(23-8-7-22)14-10-24-27-19(14)26-17/h1-6,9-10,28H,7-8,22H2,(H2,23,24,25,26,27). The van der Waals surface area contributed by atoms with Gasteiger partial charge in [-0.2, -0.15) is 5.10 Å². The van der Waals surface area contributed by atoms with Crippen LogP contribution in [-0.2, 0) is 10.0 Å². The molecule has 0 amide bonds. The van der Waals surface area contributed by atoms with Gasteiger partial charge in [0.05, 0.1) is 16.6 Å². The predicted molar refractivity (Wildman–Crippen MR) is 122 cm³/mol. The van der Waals surface area contributed by atoms with E-state index in [1.807, 2.05) is 0 Å². The van der Waals surface area contributed by atoms with Crippen LogP contribution < -0.4 is 15.8 Å². The lowest BCUT2D eigenvalue weighted by atomic mass is 10.2. The van der Waals surface area contributed by atoms with E-state index < -0.39 is 10.0 Å². The van der Waals surface area contributed by atoms with Crippen LogP contribution in [-0.4, -0.2) is 41.7 Å². The maximum atomic E-state index is 12.7. The average molecular weight is 478 g/mol. The van der Waals surface area contributed by atoms with Crippen molar-refractivity contribution in [1.82, 2.24) is 20.2 Å². The summed E-state index contributed by atoms with van der Waals surface area (Å²) in [5, 5.41) is 11.1. The van der Waals surface area contributed by atoms with Gasteiger partial charge in [0, 0.05) is 29.4 Å². The molecule has 0 aliphatic heterocycles. The Bertz CT molecular complexity index is 1340. The Hall–Kier alpha value is -2.92. The first-order valence-corrected chi connectivity index (χ1v) is 11.3. The SMILES string of the molecule is NCCNc1nc(-c2ccc(NS(=O)(=O)c3cc(Cl)ccc3Cl)cc2)nc2[nH]ncc12. The highest BCUT2D eigenvalue weighted by Crippen LogP contribution is 2.28. The highest BCUT2D eigenvalue weighted by atomic mass is 35.5. The summed E-state index contributed by atoms with van der Waals surface area (Å²) in [5.41, 5.74) is 7.19. The quantitative estimate of drug-likeness (QED) is 0.319. The van der Waals surface area contributed by atoms with E-state index in [9.17, 15) is 8.42 Å². The highest BCUT2D eigenvalue weighted by Gasteiger charge is 2.19. The van der Waals surface area contributed by atoms with E-state index in [0.717, 1.165) is 5.39 Å². The molecule has 0 fully saturated rings. The maximum Gasteiger partial charge on any atom is 0.263 e. The minimum atomic E-state index is -3.92. The van der Waals surface area contributed by atoms with E-state index in [2.05, 4.69) is 30.2 Å². The van der Waals surface area contributed by atoms with Crippen LogP contribution in [0.5, 0.6) is 0 Å². The topological polar surface area (TPSA) is 139 Å². The monoisotopic (exact) mass is 477 g/mol. The van der Waals surface area contributed by atoms with Crippen LogP contribution in [0.15, 0.2) is 53.6 Å². The maximum absolute atomic E-state index is 12.7. The molecule has 0 radical (unpaired) electrons. The van der Waals surface area contributed by atoms with E-state index >= 15 is 0 Å². The third-order valence-electron chi connectivity index (χ3n) is 4.32. The molecule has 0 bridgehead atoms. The van der Waals surface area contributed by atoms with E-state index in [0.29, 0.717) is 41.6 Å². The number of rotatable bonds is 7. The average Bonchev–Trinajstić information content (AvgIpc) is 3.23. The summed E-state index contributed by atoms with van der Waals surface area (Å²) in [4.78, 5) is 8.92. The molecule has 0 spiro atoms. The van der Waals surface area contributed by atoms with E-state index in [1.54, 1.807) is 30.5 Å². The minimum absolute atomic E-state index is 0.0762. The number of benzene rings is 2. The van der Waals surface area contributed by atoms with E-state index in [-0.39, 0.29) is 14.9 Å². The van der Waals surface area contributed by atoms with Crippen molar-refractivity contribution in [2.45, 2.75) is 4.90 Å². The second-order valence-corrected chi connectivity index (χ2v) is 9.00. The van der Waals surface area contributed by atoms with Gasteiger partial charge in [-0.15, -0.1) is 0 Å². The van der Waals surface area contributed by atoms with E-state index in [4.69, 9.17) is 28.9 Å². The van der Waals surface area contributed by atoms with Crippen molar-refractivity contribution in [3.05, 3.63) is 58.7 Å². The normalized spacial score (nSPS) is 11.6. The number of H-pyrrole nitrogens is 1. The number of nitrogens with one attached hydrogen (secondary N) is 3. The van der Waals surface area contributed by atoms with Crippen molar-refractivity contribution in [1.29, 1.82) is 0 Å². The fraction of sp³-hybridized carbons (Fsp3) is 0.105. The molecule has 0 atom stereocenters. The molecular formula is C19H17Cl2N7O2S. The van der Waals surface area contributed by atoms with E-state index in [1.165, 1.54) is 18.2 Å². The third kappa shape index (κ3) is 4.57. The first kappa shape index (κ1) is 21.3. The van der Waals surface area contributed by atoms with Gasteiger partial charge in [0.1, 0.15) is 10.7 Å². The largest absolute Gasteiger partial charge is 0.368 e. The Morgan fingerprint density at radius 2 is 1.84 bits per heavy atom. The molecule has 0 saturated carbocycles. The van der Waals surface area contributed by atoms with Crippen molar-refractivity contribution in [2.24, 2.45) is 5.73 Å². The highest BCUT2D eigenvalue weighted by molar-refractivity contribution is 7.92. The number of sulfonamides is 1. The second-order valence-electron chi connectivity index (χ2n) is 6.50. The minimum Gasteiger partial charge on any atom is -0.368 e. The van der Waals surface area contributed by atoms with Crippen molar-refractivity contribution < 1.29 is 8.42 Å². The van der Waals surface area contributed by atoms with Gasteiger partial charge < -0.3 is 11.1 Å². The molecule has 0 saturated heterocycles. The van der Waals surface area contributed by atoms with Crippen LogP contribution >= 0.6 is 23.2 Å². The summed E-state index contributed by atoms with van der Waals surface area (Å²) in [5.74, 6) is 1.06. The van der Waals surface area contributed by atoms with Gasteiger partial charge in [-0.3, -0.25) is 9.82 Å². The lowest BCUT2D eigenvalue weighted by Gasteiger charge is -2.11. The summed E-state index contributed by atoms with van der Waals surface area (Å²) < 4.78 is 27.9. The van der Waals surface area contributed by atoms with Gasteiger partial charge in [-0.05, 0) is 42.5 Å². The molecule has 0 unspecified atom stereocenters. The van der Waals surface area contributed by atoms with Gasteiger partial charge in [-0.1, -0.05) is 23.2 Å². The number of nitrogens with zero attached hydrogens (tertiary/aromatic N) is 3. The first-order valence-electron chi connectivity index (χ1n) is 9.11. The first-order chi connectivity index (χ1) is 14.9. The van der Waals surface area contributed by atoms with Crippen molar-refractivity contribution in [3.8, 4) is 11.4 Å². The molecular weight excluding hydrogens is 461 g/mol. The fourth-order valence-corrected chi connectivity index (χ4v) is 4.69. The second kappa shape index (κ2) is 8.67. The lowest BCUT2D eigenvalue weighted by molar-refractivity contribution is 0.601. The molecule has 9 nitrogen and oxygen atoms in total. The molecule has 160 valence electrons. The van der Waals surface area contributed by atoms with Crippen LogP contribution in [0, 0.1) is 0 Å². The van der Waals surface area contributed by atoms with Crippen molar-refractivity contribution in [2.75, 3.05) is 23.1 Å². The fourth-order valence-electron chi connectivity index (χ4n) is 2.87. The summed E-state index contributed by atoms with van der Waals surface area (Å²) in [7, 11) is -3.92. The van der Waals surface area contributed by atoms with Gasteiger partial charge in [0.15, 0.2) is 11.5 Å². The number of aromatic nitrogens is 4. The number of hydrogen-bond donors (Lipinski definition) is 4. The summed E-state index contributed by atoms with van der Waals surface area (Å²) in [6, 6.07) is 10.9. The number of aromatic amines is 1. The summed E-state index contributed by atoms with van der Waals surface area (Å²) >= 11 is 11.9. The molecule has 2 aromatic heterocycles. The van der Waals surface area contributed by atoms with Gasteiger partial charge in [0.2, 0.25) is 0 Å². The van der Waals surface area contributed by atoms with Crippen molar-refractivity contribution in [3.63, 3.8) is 0 Å². The molecule has 4 rings (SSSR count). The van der Waals surface area contributed by atoms with Crippen molar-refractivity contribution >= 4 is 55.8 Å². The number of nitrogens with two attached hydrogens (primary N) is 1. The van der Waals surface area contributed by atoms with Crippen LogP contribution in [0.25, 0.3) is 22.4 Å². The molecule has 2 aromatic carbocycles. The van der Waals surface area contributed by atoms with Crippen LogP contribution in [0.1, 0.15) is 0 Å². The molecule has 0 aliphatic carbocycles. The summed E-state index contributed by atoms with van der Waals surface area (Å²) in [6.07, 6.45) is 1.64. The molecule has 2 heterocycles. The van der Waals surface area contributed by atoms with Gasteiger partial charge in [-0.25, -0.2) is 18.4 Å². The zero-order chi connectivity index (χ0) is 22.0. The number of anilines is 2. The lowest BCUT2D eigenvalue weighted by Crippen LogP contribution is -2.14. The summed E-state index contributed by atoms with van der Waals surface area (Å²) in [6.45, 7) is 0.994. The molecule has 31 heavy (non-hydrogen) atoms. The predicted octanol–water partition coefficient (Wildman–Crippen LogP) is 3.50. The Kier molecular flexibility index (Phi) is 5.96. The number of hydrogen-bond acceptors (Lipinski definition) is 7. The molecule has 4 aromatic rings.